The number of nitrogens with one attached hydrogen (secondary N) is 2. The van der Waals surface area contributed by atoms with Crippen LogP contribution in [0.1, 0.15) is 61.5 Å². The first-order chi connectivity index (χ1) is 20.3. The number of hydrogen-bond donors (Lipinski definition) is 2. The summed E-state index contributed by atoms with van der Waals surface area (Å²) in [6, 6.07) is 34.3. The fraction of sp³-hybridized carbons (Fsp3) is 0.297. The molecular weight excluding hydrogens is 518 g/mol. The summed E-state index contributed by atoms with van der Waals surface area (Å²) in [7, 11) is 0. The highest BCUT2D eigenvalue weighted by molar-refractivity contribution is 6.08. The summed E-state index contributed by atoms with van der Waals surface area (Å²) in [5.74, 6) is 0.408. The van der Waals surface area contributed by atoms with Crippen LogP contribution >= 0.6 is 0 Å². The molecule has 0 atom stereocenters. The Morgan fingerprint density at radius 2 is 1.43 bits per heavy atom. The van der Waals surface area contributed by atoms with Gasteiger partial charge in [0.1, 0.15) is 0 Å². The van der Waals surface area contributed by atoms with Crippen LogP contribution in [0.25, 0.3) is 11.1 Å². The Morgan fingerprint density at radius 3 is 2.10 bits per heavy atom. The van der Waals surface area contributed by atoms with E-state index in [2.05, 4.69) is 72.7 Å². The Labute approximate surface area is 250 Å². The van der Waals surface area contributed by atoms with Gasteiger partial charge >= 0.3 is 0 Å². The Bertz CT molecular complexity index is 1480. The minimum atomic E-state index is -0.121. The number of carbonyl (C=O) groups excluding carboxylic acids is 2. The van der Waals surface area contributed by atoms with Crippen LogP contribution in [0, 0.1) is 5.92 Å². The second kappa shape index (κ2) is 13.1. The molecule has 1 heterocycles. The predicted molar refractivity (Wildman–Crippen MR) is 173 cm³/mol. The first kappa shape index (κ1) is 29.1. The second-order valence-corrected chi connectivity index (χ2v) is 12.3. The molecule has 1 aliphatic rings. The number of rotatable bonds is 8. The minimum absolute atomic E-state index is 0.0800. The summed E-state index contributed by atoms with van der Waals surface area (Å²) in [4.78, 5) is 28.1. The van der Waals surface area contributed by atoms with Gasteiger partial charge in [0.2, 0.25) is 5.91 Å². The lowest BCUT2D eigenvalue weighted by Gasteiger charge is -2.33. The minimum Gasteiger partial charge on any atom is -0.372 e. The lowest BCUT2D eigenvalue weighted by atomic mass is 9.86. The molecule has 1 saturated heterocycles. The van der Waals surface area contributed by atoms with Crippen molar-refractivity contribution in [1.82, 2.24) is 5.32 Å². The van der Waals surface area contributed by atoms with E-state index >= 15 is 0 Å². The molecule has 4 aromatic rings. The molecule has 1 aliphatic heterocycles. The molecule has 5 heteroatoms. The maximum absolute atomic E-state index is 13.3. The van der Waals surface area contributed by atoms with Crippen LogP contribution in [-0.2, 0) is 16.8 Å². The smallest absolute Gasteiger partial charge is 0.256 e. The van der Waals surface area contributed by atoms with Gasteiger partial charge in [0.15, 0.2) is 0 Å². The van der Waals surface area contributed by atoms with Crippen molar-refractivity contribution in [2.75, 3.05) is 23.3 Å². The molecule has 0 aliphatic carbocycles. The summed E-state index contributed by atoms with van der Waals surface area (Å²) >= 11 is 0. The quantitative estimate of drug-likeness (QED) is 0.231. The van der Waals surface area contributed by atoms with E-state index in [0.717, 1.165) is 54.0 Å². The summed E-state index contributed by atoms with van der Waals surface area (Å²) in [6.45, 7) is 9.02. The highest BCUT2D eigenvalue weighted by Gasteiger charge is 2.22. The zero-order valence-corrected chi connectivity index (χ0v) is 24.9. The fourth-order valence-electron chi connectivity index (χ4n) is 5.56. The van der Waals surface area contributed by atoms with E-state index < -0.39 is 0 Å². The van der Waals surface area contributed by atoms with Crippen LogP contribution in [0.4, 0.5) is 11.4 Å². The third-order valence-corrected chi connectivity index (χ3v) is 8.15. The summed E-state index contributed by atoms with van der Waals surface area (Å²) in [5.41, 5.74) is 6.98. The summed E-state index contributed by atoms with van der Waals surface area (Å²) in [5, 5.41) is 6.14. The number of nitrogens with zero attached hydrogens (tertiary/aromatic N) is 1. The van der Waals surface area contributed by atoms with Crippen LogP contribution in [0.2, 0.25) is 0 Å². The van der Waals surface area contributed by atoms with Gasteiger partial charge in [0, 0.05) is 43.0 Å². The van der Waals surface area contributed by atoms with Crippen molar-refractivity contribution in [1.29, 1.82) is 0 Å². The summed E-state index contributed by atoms with van der Waals surface area (Å²) in [6.07, 6.45) is 2.56. The van der Waals surface area contributed by atoms with Gasteiger partial charge < -0.3 is 15.5 Å². The van der Waals surface area contributed by atoms with Crippen LogP contribution in [-0.4, -0.2) is 24.9 Å². The average Bonchev–Trinajstić information content (AvgIpc) is 3.01. The molecule has 5 rings (SSSR count). The van der Waals surface area contributed by atoms with Crippen molar-refractivity contribution < 1.29 is 9.59 Å². The lowest BCUT2D eigenvalue weighted by Crippen LogP contribution is -2.35. The number of hydrogen-bond acceptors (Lipinski definition) is 3. The molecule has 2 N–H and O–H groups in total. The highest BCUT2D eigenvalue weighted by Crippen LogP contribution is 2.30. The maximum atomic E-state index is 13.3. The average molecular weight is 560 g/mol. The Kier molecular flexibility index (Phi) is 9.06. The number of carbonyl (C=O) groups is 2. The van der Waals surface area contributed by atoms with Crippen molar-refractivity contribution in [3.05, 3.63) is 120 Å². The summed E-state index contributed by atoms with van der Waals surface area (Å²) < 4.78 is 0. The van der Waals surface area contributed by atoms with Crippen LogP contribution < -0.4 is 15.5 Å². The van der Waals surface area contributed by atoms with Gasteiger partial charge in [-0.25, -0.2) is 0 Å². The molecule has 5 nitrogen and oxygen atoms in total. The molecule has 0 radical (unpaired) electrons. The molecule has 0 aromatic heterocycles. The van der Waals surface area contributed by atoms with E-state index in [1.807, 2.05) is 66.7 Å². The van der Waals surface area contributed by atoms with Gasteiger partial charge in [-0.1, -0.05) is 93.6 Å². The first-order valence-corrected chi connectivity index (χ1v) is 14.9. The zero-order chi connectivity index (χ0) is 29.5. The molecule has 4 aromatic carbocycles. The molecular formula is C37H41N3O2. The molecule has 0 spiro atoms. The number of benzene rings is 4. The van der Waals surface area contributed by atoms with E-state index in [1.165, 1.54) is 5.56 Å². The van der Waals surface area contributed by atoms with Gasteiger partial charge in [0.25, 0.3) is 5.91 Å². The Morgan fingerprint density at radius 1 is 0.786 bits per heavy atom. The Balaban J connectivity index is 1.14. The van der Waals surface area contributed by atoms with Crippen molar-refractivity contribution in [2.24, 2.45) is 5.92 Å². The van der Waals surface area contributed by atoms with Crippen molar-refractivity contribution in [2.45, 2.75) is 52.0 Å². The molecule has 2 amide bonds. The van der Waals surface area contributed by atoms with Crippen LogP contribution in [0.15, 0.2) is 103 Å². The van der Waals surface area contributed by atoms with Gasteiger partial charge in [-0.15, -0.1) is 0 Å². The third kappa shape index (κ3) is 7.47. The SMILES string of the molecule is CC(C)(C)c1ccc(-c2ccccc2C(=O)Nc2ccc(N3CCC(CC(=O)NCc4ccccc4)CC3)cc2)cc1. The van der Waals surface area contributed by atoms with Gasteiger partial charge in [-0.05, 0) is 76.8 Å². The molecule has 216 valence electrons. The topological polar surface area (TPSA) is 61.4 Å². The fourth-order valence-corrected chi connectivity index (χ4v) is 5.56. The normalized spacial score (nSPS) is 13.9. The van der Waals surface area contributed by atoms with E-state index in [0.29, 0.717) is 24.4 Å². The molecule has 1 fully saturated rings. The Hall–Kier alpha value is -4.38. The molecule has 0 unspecified atom stereocenters. The number of anilines is 2. The van der Waals surface area contributed by atoms with Gasteiger partial charge in [-0.2, -0.15) is 0 Å². The third-order valence-electron chi connectivity index (χ3n) is 8.15. The van der Waals surface area contributed by atoms with Crippen molar-refractivity contribution in [3.8, 4) is 11.1 Å². The van der Waals surface area contributed by atoms with Crippen LogP contribution in [0.5, 0.6) is 0 Å². The van der Waals surface area contributed by atoms with Gasteiger partial charge in [-0.3, -0.25) is 9.59 Å². The standard InChI is InChI=1S/C37H41N3O2/c1-37(2,3)30-15-13-29(14-16-30)33-11-7-8-12-34(33)36(42)39-31-17-19-32(20-18-31)40-23-21-27(22-24-40)25-35(41)38-26-28-9-5-4-6-10-28/h4-20,27H,21-26H2,1-3H3,(H,38,41)(H,39,42). The monoisotopic (exact) mass is 559 g/mol. The predicted octanol–water partition coefficient (Wildman–Crippen LogP) is 7.83. The molecule has 42 heavy (non-hydrogen) atoms. The second-order valence-electron chi connectivity index (χ2n) is 12.3. The molecule has 0 bridgehead atoms. The van der Waals surface area contributed by atoms with Crippen molar-refractivity contribution in [3.63, 3.8) is 0 Å². The number of amides is 2. The van der Waals surface area contributed by atoms with Crippen LogP contribution in [0.3, 0.4) is 0 Å². The van der Waals surface area contributed by atoms with E-state index in [1.54, 1.807) is 0 Å². The first-order valence-electron chi connectivity index (χ1n) is 14.9. The maximum Gasteiger partial charge on any atom is 0.256 e. The van der Waals surface area contributed by atoms with E-state index in [9.17, 15) is 9.59 Å². The highest BCUT2D eigenvalue weighted by atomic mass is 16.2. The van der Waals surface area contributed by atoms with E-state index in [4.69, 9.17) is 0 Å². The van der Waals surface area contributed by atoms with Gasteiger partial charge in [0.05, 0.1) is 0 Å². The largest absolute Gasteiger partial charge is 0.372 e. The zero-order valence-electron chi connectivity index (χ0n) is 24.9. The van der Waals surface area contributed by atoms with E-state index in [-0.39, 0.29) is 17.2 Å². The number of piperidine rings is 1. The molecule has 0 saturated carbocycles. The lowest BCUT2D eigenvalue weighted by molar-refractivity contribution is -0.122. The van der Waals surface area contributed by atoms with Crippen molar-refractivity contribution >= 4 is 23.2 Å².